The number of hydrogen-bond acceptors (Lipinski definition) is 8. The van der Waals surface area contributed by atoms with Crippen LogP contribution >= 0.6 is 27.3 Å². The first-order chi connectivity index (χ1) is 14.5. The average molecular weight is 487 g/mol. The van der Waals surface area contributed by atoms with Crippen molar-refractivity contribution < 1.29 is 14.4 Å². The zero-order valence-corrected chi connectivity index (χ0v) is 18.3. The molecule has 0 amide bonds. The van der Waals surface area contributed by atoms with Gasteiger partial charge in [0, 0.05) is 27.5 Å². The highest BCUT2D eigenvalue weighted by Gasteiger charge is 2.17. The number of thiophene rings is 1. The molecule has 0 aliphatic carbocycles. The van der Waals surface area contributed by atoms with E-state index in [0.717, 1.165) is 21.3 Å². The van der Waals surface area contributed by atoms with Crippen molar-refractivity contribution in [2.75, 3.05) is 19.5 Å². The SMILES string of the molecule is COc1ccc(-c2csc3ncnc(Nc4cc([N+](=O)[O-])ccc4Br)c23)cc1OC. The highest BCUT2D eigenvalue weighted by Crippen LogP contribution is 2.41. The molecule has 0 saturated carbocycles. The van der Waals surface area contributed by atoms with Crippen LogP contribution in [0.5, 0.6) is 11.5 Å². The molecule has 0 saturated heterocycles. The number of aromatic nitrogens is 2. The van der Waals surface area contributed by atoms with Gasteiger partial charge in [-0.25, -0.2) is 9.97 Å². The van der Waals surface area contributed by atoms with Crippen molar-refractivity contribution in [2.45, 2.75) is 0 Å². The molecule has 2 aromatic carbocycles. The Morgan fingerprint density at radius 1 is 1.10 bits per heavy atom. The second kappa shape index (κ2) is 8.25. The maximum absolute atomic E-state index is 11.2. The molecule has 0 fully saturated rings. The summed E-state index contributed by atoms with van der Waals surface area (Å²) < 4.78 is 11.4. The molecular weight excluding hydrogens is 472 g/mol. The van der Waals surface area contributed by atoms with Gasteiger partial charge in [0.25, 0.3) is 5.69 Å². The molecule has 2 heterocycles. The molecule has 152 valence electrons. The smallest absolute Gasteiger partial charge is 0.271 e. The first-order valence-corrected chi connectivity index (χ1v) is 10.3. The van der Waals surface area contributed by atoms with Gasteiger partial charge in [0.15, 0.2) is 11.5 Å². The molecule has 0 aliphatic rings. The largest absolute Gasteiger partial charge is 0.493 e. The lowest BCUT2D eigenvalue weighted by atomic mass is 10.1. The third kappa shape index (κ3) is 3.66. The molecule has 0 aliphatic heterocycles. The van der Waals surface area contributed by atoms with Crippen LogP contribution < -0.4 is 14.8 Å². The molecule has 1 N–H and O–H groups in total. The molecule has 0 bridgehead atoms. The predicted molar refractivity (Wildman–Crippen MR) is 120 cm³/mol. The van der Waals surface area contributed by atoms with Gasteiger partial charge < -0.3 is 14.8 Å². The van der Waals surface area contributed by atoms with E-state index in [9.17, 15) is 10.1 Å². The van der Waals surface area contributed by atoms with Crippen LogP contribution in [0.25, 0.3) is 21.3 Å². The summed E-state index contributed by atoms with van der Waals surface area (Å²) in [5.74, 6) is 1.80. The molecule has 0 atom stereocenters. The van der Waals surface area contributed by atoms with Crippen molar-refractivity contribution in [3.05, 3.63) is 62.7 Å². The van der Waals surface area contributed by atoms with E-state index in [0.29, 0.717) is 27.5 Å². The third-order valence-corrected chi connectivity index (χ3v) is 6.06. The summed E-state index contributed by atoms with van der Waals surface area (Å²) in [6.45, 7) is 0. The summed E-state index contributed by atoms with van der Waals surface area (Å²) in [7, 11) is 3.17. The van der Waals surface area contributed by atoms with E-state index in [2.05, 4.69) is 31.2 Å². The molecule has 2 aromatic heterocycles. The van der Waals surface area contributed by atoms with E-state index in [4.69, 9.17) is 9.47 Å². The summed E-state index contributed by atoms with van der Waals surface area (Å²) in [6, 6.07) is 10.2. The molecule has 8 nitrogen and oxygen atoms in total. The Labute approximate surface area is 183 Å². The van der Waals surface area contributed by atoms with Gasteiger partial charge in [-0.15, -0.1) is 11.3 Å². The Bertz CT molecular complexity index is 1260. The van der Waals surface area contributed by atoms with E-state index in [-0.39, 0.29) is 5.69 Å². The number of ether oxygens (including phenoxy) is 2. The second-order valence-electron chi connectivity index (χ2n) is 6.17. The van der Waals surface area contributed by atoms with E-state index in [1.807, 2.05) is 23.6 Å². The fourth-order valence-corrected chi connectivity index (χ4v) is 4.30. The molecule has 4 rings (SSSR count). The summed E-state index contributed by atoms with van der Waals surface area (Å²) >= 11 is 4.92. The Morgan fingerprint density at radius 2 is 1.90 bits per heavy atom. The lowest BCUT2D eigenvalue weighted by Gasteiger charge is -2.11. The number of hydrogen-bond donors (Lipinski definition) is 1. The van der Waals surface area contributed by atoms with Crippen LogP contribution in [-0.4, -0.2) is 29.1 Å². The highest BCUT2D eigenvalue weighted by atomic mass is 79.9. The molecule has 0 unspecified atom stereocenters. The van der Waals surface area contributed by atoms with E-state index in [1.54, 1.807) is 20.3 Å². The number of nitrogens with zero attached hydrogens (tertiary/aromatic N) is 3. The van der Waals surface area contributed by atoms with Gasteiger partial charge in [0.2, 0.25) is 0 Å². The van der Waals surface area contributed by atoms with Gasteiger partial charge in [-0.1, -0.05) is 6.07 Å². The van der Waals surface area contributed by atoms with Crippen molar-refractivity contribution in [3.8, 4) is 22.6 Å². The average Bonchev–Trinajstić information content (AvgIpc) is 3.19. The maximum Gasteiger partial charge on any atom is 0.271 e. The minimum atomic E-state index is -0.438. The normalized spacial score (nSPS) is 10.8. The zero-order valence-electron chi connectivity index (χ0n) is 15.9. The van der Waals surface area contributed by atoms with Crippen LogP contribution in [0.15, 0.2) is 52.6 Å². The zero-order chi connectivity index (χ0) is 21.3. The third-order valence-electron chi connectivity index (χ3n) is 4.48. The monoisotopic (exact) mass is 486 g/mol. The molecule has 0 radical (unpaired) electrons. The summed E-state index contributed by atoms with van der Waals surface area (Å²) in [6.07, 6.45) is 1.46. The number of nitro groups is 1. The van der Waals surface area contributed by atoms with E-state index < -0.39 is 4.92 Å². The Morgan fingerprint density at radius 3 is 2.63 bits per heavy atom. The number of nitrogens with one attached hydrogen (secondary N) is 1. The van der Waals surface area contributed by atoms with Gasteiger partial charge in [0.05, 0.1) is 30.2 Å². The van der Waals surface area contributed by atoms with Gasteiger partial charge >= 0.3 is 0 Å². The Balaban J connectivity index is 1.83. The minimum Gasteiger partial charge on any atom is -0.493 e. The van der Waals surface area contributed by atoms with Crippen LogP contribution in [0.3, 0.4) is 0 Å². The number of anilines is 2. The molecule has 0 spiro atoms. The number of halogens is 1. The van der Waals surface area contributed by atoms with Crippen LogP contribution in [0.2, 0.25) is 0 Å². The number of fused-ring (bicyclic) bond motifs is 1. The Hall–Kier alpha value is -3.24. The minimum absolute atomic E-state index is 0.0172. The van der Waals surface area contributed by atoms with Crippen LogP contribution in [0, 0.1) is 10.1 Å². The summed E-state index contributed by atoms with van der Waals surface area (Å²) in [5, 5.41) is 17.2. The van der Waals surface area contributed by atoms with Crippen molar-refractivity contribution in [3.63, 3.8) is 0 Å². The fraction of sp³-hybridized carbons (Fsp3) is 0.100. The lowest BCUT2D eigenvalue weighted by molar-refractivity contribution is -0.384. The van der Waals surface area contributed by atoms with Crippen LogP contribution in [-0.2, 0) is 0 Å². The predicted octanol–water partition coefficient (Wildman–Crippen LogP) is 5.79. The lowest BCUT2D eigenvalue weighted by Crippen LogP contribution is -1.98. The molecule has 30 heavy (non-hydrogen) atoms. The van der Waals surface area contributed by atoms with Crippen molar-refractivity contribution >= 4 is 54.7 Å². The maximum atomic E-state index is 11.2. The number of rotatable bonds is 6. The van der Waals surface area contributed by atoms with Gasteiger partial charge in [-0.3, -0.25) is 10.1 Å². The first-order valence-electron chi connectivity index (χ1n) is 8.67. The number of non-ortho nitro benzene ring substituents is 1. The first kappa shape index (κ1) is 20.0. The molecule has 10 heteroatoms. The number of nitro benzene ring substituents is 1. The fourth-order valence-electron chi connectivity index (χ4n) is 3.04. The summed E-state index contributed by atoms with van der Waals surface area (Å²) in [5.41, 5.74) is 2.35. The van der Waals surface area contributed by atoms with Gasteiger partial charge in [0.1, 0.15) is 17.0 Å². The van der Waals surface area contributed by atoms with E-state index in [1.165, 1.54) is 29.8 Å². The van der Waals surface area contributed by atoms with Crippen molar-refractivity contribution in [1.82, 2.24) is 9.97 Å². The summed E-state index contributed by atoms with van der Waals surface area (Å²) in [4.78, 5) is 20.3. The van der Waals surface area contributed by atoms with Gasteiger partial charge in [-0.2, -0.15) is 0 Å². The quantitative estimate of drug-likeness (QED) is 0.272. The van der Waals surface area contributed by atoms with Crippen molar-refractivity contribution in [2.24, 2.45) is 0 Å². The molecule has 4 aromatic rings. The van der Waals surface area contributed by atoms with Crippen LogP contribution in [0.1, 0.15) is 0 Å². The van der Waals surface area contributed by atoms with E-state index >= 15 is 0 Å². The second-order valence-corrected chi connectivity index (χ2v) is 7.88. The van der Waals surface area contributed by atoms with Crippen molar-refractivity contribution in [1.29, 1.82) is 0 Å². The number of benzene rings is 2. The Kier molecular flexibility index (Phi) is 5.51. The number of methoxy groups -OCH3 is 2. The topological polar surface area (TPSA) is 99.4 Å². The highest BCUT2D eigenvalue weighted by molar-refractivity contribution is 9.10. The van der Waals surface area contributed by atoms with Gasteiger partial charge in [-0.05, 0) is 39.7 Å². The standard InChI is InChI=1S/C20H15BrN4O4S/c1-28-16-6-3-11(7-17(16)29-2)13-9-30-20-18(13)19(22-10-23-20)24-15-8-12(25(26)27)4-5-14(15)21/h3-10H,1-2H3,(H,22,23,24). The molecular formula is C20H15BrN4O4S. The van der Waals surface area contributed by atoms with Crippen LogP contribution in [0.4, 0.5) is 17.2 Å².